The zero-order valence-corrected chi connectivity index (χ0v) is 11.5. The van der Waals surface area contributed by atoms with E-state index < -0.39 is 12.6 Å². The summed E-state index contributed by atoms with van der Waals surface area (Å²) in [5.41, 5.74) is 3.81. The van der Waals surface area contributed by atoms with Crippen LogP contribution in [-0.2, 0) is 13.0 Å². The summed E-state index contributed by atoms with van der Waals surface area (Å²) >= 11 is 0. The summed E-state index contributed by atoms with van der Waals surface area (Å²) in [5, 5.41) is 6.62. The molecule has 0 atom stereocenters. The molecule has 0 fully saturated rings. The summed E-state index contributed by atoms with van der Waals surface area (Å²) in [4.78, 5) is 0. The number of alkyl halides is 3. The van der Waals surface area contributed by atoms with Gasteiger partial charge in [0.05, 0.1) is 0 Å². The lowest BCUT2D eigenvalue weighted by atomic mass is 9.97. The monoisotopic (exact) mass is 286 g/mol. The number of rotatable bonds is 6. The van der Waals surface area contributed by atoms with Gasteiger partial charge < -0.3 is 10.6 Å². The van der Waals surface area contributed by atoms with E-state index in [0.29, 0.717) is 13.0 Å². The van der Waals surface area contributed by atoms with Crippen LogP contribution in [0, 0.1) is 0 Å². The maximum absolute atomic E-state index is 12.0. The normalized spacial score (nSPS) is 14.8. The zero-order valence-electron chi connectivity index (χ0n) is 11.5. The van der Waals surface area contributed by atoms with Crippen LogP contribution in [0.25, 0.3) is 0 Å². The number of hydrogen-bond donors (Lipinski definition) is 2. The molecule has 0 spiro atoms. The first-order valence-corrected chi connectivity index (χ1v) is 7.18. The van der Waals surface area contributed by atoms with Gasteiger partial charge in [0.1, 0.15) is 0 Å². The maximum Gasteiger partial charge on any atom is 0.389 e. The van der Waals surface area contributed by atoms with Gasteiger partial charge in [0.2, 0.25) is 0 Å². The van der Waals surface area contributed by atoms with Crippen molar-refractivity contribution in [2.75, 3.05) is 18.4 Å². The van der Waals surface area contributed by atoms with Gasteiger partial charge in [0, 0.05) is 25.2 Å². The molecular weight excluding hydrogens is 265 g/mol. The first-order chi connectivity index (χ1) is 9.56. The molecule has 0 saturated carbocycles. The average molecular weight is 286 g/mol. The Morgan fingerprint density at radius 1 is 1.20 bits per heavy atom. The van der Waals surface area contributed by atoms with Gasteiger partial charge in [-0.2, -0.15) is 13.2 Å². The number of benzene rings is 1. The predicted octanol–water partition coefficient (Wildman–Crippen LogP) is 3.87. The summed E-state index contributed by atoms with van der Waals surface area (Å²) in [6, 6.07) is 6.20. The Kier molecular flexibility index (Phi) is 5.29. The van der Waals surface area contributed by atoms with Gasteiger partial charge in [-0.3, -0.25) is 0 Å². The molecule has 0 aliphatic carbocycles. The van der Waals surface area contributed by atoms with E-state index in [1.54, 1.807) is 0 Å². The molecule has 0 unspecified atom stereocenters. The highest BCUT2D eigenvalue weighted by atomic mass is 19.4. The SMILES string of the molecule is FC(F)(F)CCCCNCc1cccc2c1CCCN2. The van der Waals surface area contributed by atoms with Crippen molar-refractivity contribution in [1.29, 1.82) is 0 Å². The third-order valence-electron chi connectivity index (χ3n) is 3.57. The van der Waals surface area contributed by atoms with Crippen molar-refractivity contribution in [3.05, 3.63) is 29.3 Å². The van der Waals surface area contributed by atoms with Crippen LogP contribution in [0.1, 0.15) is 36.8 Å². The molecule has 5 heteroatoms. The lowest BCUT2D eigenvalue weighted by molar-refractivity contribution is -0.135. The number of hydrogen-bond acceptors (Lipinski definition) is 2. The lowest BCUT2D eigenvalue weighted by Crippen LogP contribution is -2.19. The summed E-state index contributed by atoms with van der Waals surface area (Å²) in [6.45, 7) is 2.38. The second-order valence-corrected chi connectivity index (χ2v) is 5.22. The fourth-order valence-corrected chi connectivity index (χ4v) is 2.55. The van der Waals surface area contributed by atoms with Crippen LogP contribution < -0.4 is 10.6 Å². The highest BCUT2D eigenvalue weighted by Gasteiger charge is 2.25. The number of anilines is 1. The van der Waals surface area contributed by atoms with Gasteiger partial charge in [0.15, 0.2) is 0 Å². The van der Waals surface area contributed by atoms with E-state index in [1.165, 1.54) is 16.8 Å². The number of nitrogens with one attached hydrogen (secondary N) is 2. The lowest BCUT2D eigenvalue weighted by Gasteiger charge is -2.21. The van der Waals surface area contributed by atoms with Crippen LogP contribution in [0.4, 0.5) is 18.9 Å². The number of halogens is 3. The topological polar surface area (TPSA) is 24.1 Å². The second-order valence-electron chi connectivity index (χ2n) is 5.22. The molecule has 0 amide bonds. The molecule has 2 rings (SSSR count). The van der Waals surface area contributed by atoms with Crippen molar-refractivity contribution in [3.8, 4) is 0 Å². The van der Waals surface area contributed by atoms with E-state index in [-0.39, 0.29) is 6.42 Å². The highest BCUT2D eigenvalue weighted by molar-refractivity contribution is 5.56. The quantitative estimate of drug-likeness (QED) is 0.776. The van der Waals surface area contributed by atoms with E-state index >= 15 is 0 Å². The van der Waals surface area contributed by atoms with E-state index in [2.05, 4.69) is 22.8 Å². The minimum absolute atomic E-state index is 0.199. The van der Waals surface area contributed by atoms with Crippen LogP contribution >= 0.6 is 0 Å². The summed E-state index contributed by atoms with van der Waals surface area (Å²) < 4.78 is 36.0. The Hall–Kier alpha value is -1.23. The van der Waals surface area contributed by atoms with Gasteiger partial charge in [-0.15, -0.1) is 0 Å². The van der Waals surface area contributed by atoms with Gasteiger partial charge in [-0.25, -0.2) is 0 Å². The fraction of sp³-hybridized carbons (Fsp3) is 0.600. The molecule has 0 saturated heterocycles. The van der Waals surface area contributed by atoms with E-state index in [0.717, 1.165) is 25.9 Å². The summed E-state index contributed by atoms with van der Waals surface area (Å²) in [7, 11) is 0. The van der Waals surface area contributed by atoms with Crippen molar-refractivity contribution < 1.29 is 13.2 Å². The third-order valence-corrected chi connectivity index (χ3v) is 3.57. The molecule has 2 nitrogen and oxygen atoms in total. The van der Waals surface area contributed by atoms with Crippen LogP contribution in [-0.4, -0.2) is 19.3 Å². The van der Waals surface area contributed by atoms with Crippen LogP contribution in [0.5, 0.6) is 0 Å². The highest BCUT2D eigenvalue weighted by Crippen LogP contribution is 2.25. The molecule has 1 aliphatic heterocycles. The zero-order chi connectivity index (χ0) is 14.4. The predicted molar refractivity (Wildman–Crippen MR) is 74.9 cm³/mol. The Bertz CT molecular complexity index is 430. The molecule has 0 radical (unpaired) electrons. The Morgan fingerprint density at radius 2 is 2.05 bits per heavy atom. The van der Waals surface area contributed by atoms with Gasteiger partial charge in [0.25, 0.3) is 0 Å². The molecule has 20 heavy (non-hydrogen) atoms. The van der Waals surface area contributed by atoms with Crippen molar-refractivity contribution >= 4 is 5.69 Å². The first kappa shape index (κ1) is 15.2. The summed E-state index contributed by atoms with van der Waals surface area (Å²) in [5.74, 6) is 0. The van der Waals surface area contributed by atoms with Gasteiger partial charge in [-0.1, -0.05) is 12.1 Å². The largest absolute Gasteiger partial charge is 0.389 e. The van der Waals surface area contributed by atoms with E-state index in [4.69, 9.17) is 0 Å². The number of fused-ring (bicyclic) bond motifs is 1. The van der Waals surface area contributed by atoms with Crippen LogP contribution in [0.2, 0.25) is 0 Å². The molecule has 1 aromatic rings. The van der Waals surface area contributed by atoms with Gasteiger partial charge >= 0.3 is 6.18 Å². The molecule has 112 valence electrons. The van der Waals surface area contributed by atoms with Crippen LogP contribution in [0.3, 0.4) is 0 Å². The van der Waals surface area contributed by atoms with E-state index in [9.17, 15) is 13.2 Å². The Labute approximate surface area is 117 Å². The molecule has 1 aliphatic rings. The Morgan fingerprint density at radius 3 is 2.85 bits per heavy atom. The molecule has 2 N–H and O–H groups in total. The minimum Gasteiger partial charge on any atom is -0.385 e. The molecule has 1 heterocycles. The van der Waals surface area contributed by atoms with Crippen LogP contribution in [0.15, 0.2) is 18.2 Å². The van der Waals surface area contributed by atoms with Gasteiger partial charge in [-0.05, 0) is 49.4 Å². The Balaban J connectivity index is 1.72. The fourth-order valence-electron chi connectivity index (χ4n) is 2.55. The molecule has 0 bridgehead atoms. The molecule has 1 aromatic carbocycles. The van der Waals surface area contributed by atoms with E-state index in [1.807, 2.05) is 6.07 Å². The smallest absolute Gasteiger partial charge is 0.385 e. The average Bonchev–Trinajstić information content (AvgIpc) is 2.41. The van der Waals surface area contributed by atoms with Crippen molar-refractivity contribution in [2.24, 2.45) is 0 Å². The van der Waals surface area contributed by atoms with Crippen molar-refractivity contribution in [2.45, 2.75) is 44.8 Å². The van der Waals surface area contributed by atoms with Crippen molar-refractivity contribution in [3.63, 3.8) is 0 Å². The summed E-state index contributed by atoms with van der Waals surface area (Å²) in [6.07, 6.45) is -1.73. The first-order valence-electron chi connectivity index (χ1n) is 7.18. The molecule has 0 aromatic heterocycles. The standard InChI is InChI=1S/C15H21F3N2/c16-15(17,18)8-1-2-9-19-11-12-5-3-7-14-13(12)6-4-10-20-14/h3,5,7,19-20H,1-2,4,6,8-11H2. The number of unbranched alkanes of at least 4 members (excludes halogenated alkanes) is 1. The third kappa shape index (κ3) is 4.71. The minimum atomic E-state index is -4.02. The molecular formula is C15H21F3N2. The van der Waals surface area contributed by atoms with Crippen molar-refractivity contribution in [1.82, 2.24) is 5.32 Å². The maximum atomic E-state index is 12.0. The second kappa shape index (κ2) is 6.97.